The van der Waals surface area contributed by atoms with Gasteiger partial charge in [-0.3, -0.25) is 0 Å². The Hall–Kier alpha value is -0.500. The Morgan fingerprint density at radius 2 is 2.10 bits per heavy atom. The van der Waals surface area contributed by atoms with Gasteiger partial charge < -0.3 is 0 Å². The highest BCUT2D eigenvalue weighted by atomic mass is 32.2. The van der Waals surface area contributed by atoms with Gasteiger partial charge in [0.25, 0.3) is 0 Å². The van der Waals surface area contributed by atoms with Gasteiger partial charge in [0, 0.05) is 11.9 Å². The Bertz CT molecular complexity index is 147. The van der Waals surface area contributed by atoms with Crippen molar-refractivity contribution in [1.82, 2.24) is 0 Å². The molecular weight excluding hydrogens is 142 g/mol. The third-order valence-electron chi connectivity index (χ3n) is 1.03. The highest BCUT2D eigenvalue weighted by molar-refractivity contribution is 8.01. The van der Waals surface area contributed by atoms with Crippen LogP contribution in [0.2, 0.25) is 0 Å². The fourth-order valence-corrected chi connectivity index (χ4v) is 0.958. The van der Waals surface area contributed by atoms with Crippen LogP contribution in [-0.4, -0.2) is 5.71 Å². The Labute approximate surface area is 67.1 Å². The van der Waals surface area contributed by atoms with E-state index >= 15 is 0 Å². The summed E-state index contributed by atoms with van der Waals surface area (Å²) in [4.78, 5) is 0. The highest BCUT2D eigenvalue weighted by Gasteiger charge is 1.97. The van der Waals surface area contributed by atoms with E-state index in [1.54, 1.807) is 11.5 Å². The van der Waals surface area contributed by atoms with Crippen molar-refractivity contribution < 1.29 is 0 Å². The minimum Gasteiger partial charge on any atom is -0.216 e. The van der Waals surface area contributed by atoms with Crippen LogP contribution in [0.3, 0.4) is 0 Å². The molecule has 0 rings (SSSR count). The van der Waals surface area contributed by atoms with E-state index in [9.17, 15) is 0 Å². The maximum Gasteiger partial charge on any atom is 0.0510 e. The van der Waals surface area contributed by atoms with Crippen molar-refractivity contribution in [3.63, 3.8) is 0 Å². The Morgan fingerprint density at radius 3 is 2.40 bits per heavy atom. The summed E-state index contributed by atoms with van der Waals surface area (Å²) < 4.78 is 4.16. The summed E-state index contributed by atoms with van der Waals surface area (Å²) in [5, 5.41) is 1.70. The first-order valence-electron chi connectivity index (χ1n) is 3.19. The average Bonchev–Trinajstić information content (AvgIpc) is 1.89. The first-order chi connectivity index (χ1) is 4.72. The number of rotatable bonds is 4. The molecule has 0 aromatic carbocycles. The Balaban J connectivity index is 4.03. The predicted molar refractivity (Wildman–Crippen MR) is 50.3 cm³/mol. The summed E-state index contributed by atoms with van der Waals surface area (Å²) >= 11 is 1.35. The first kappa shape index (κ1) is 9.50. The second kappa shape index (κ2) is 5.30. The molecule has 0 saturated heterocycles. The van der Waals surface area contributed by atoms with Crippen LogP contribution < -0.4 is 0 Å². The van der Waals surface area contributed by atoms with Crippen LogP contribution in [0.5, 0.6) is 0 Å². The second-order valence-corrected chi connectivity index (χ2v) is 2.87. The van der Waals surface area contributed by atoms with E-state index in [4.69, 9.17) is 0 Å². The van der Waals surface area contributed by atoms with Gasteiger partial charge in [0.15, 0.2) is 0 Å². The zero-order valence-electron chi connectivity index (χ0n) is 6.50. The summed E-state index contributed by atoms with van der Waals surface area (Å²) in [6, 6.07) is 0. The van der Waals surface area contributed by atoms with Crippen molar-refractivity contribution in [3.05, 3.63) is 24.6 Å². The van der Waals surface area contributed by atoms with E-state index in [0.29, 0.717) is 5.92 Å². The van der Waals surface area contributed by atoms with E-state index in [0.717, 1.165) is 5.71 Å². The van der Waals surface area contributed by atoms with Crippen LogP contribution in [-0.2, 0) is 0 Å². The minimum absolute atomic E-state index is 0.449. The molecule has 0 fully saturated rings. The molecule has 0 aliphatic heterocycles. The lowest BCUT2D eigenvalue weighted by atomic mass is 10.1. The van der Waals surface area contributed by atoms with Crippen LogP contribution in [0.25, 0.3) is 0 Å². The molecule has 0 N–H and O–H groups in total. The van der Waals surface area contributed by atoms with Gasteiger partial charge in [-0.2, -0.15) is 0 Å². The van der Waals surface area contributed by atoms with Crippen LogP contribution >= 0.6 is 11.9 Å². The van der Waals surface area contributed by atoms with Gasteiger partial charge >= 0.3 is 0 Å². The molecule has 0 aliphatic carbocycles. The molecule has 0 aliphatic rings. The summed E-state index contributed by atoms with van der Waals surface area (Å²) in [5.41, 5.74) is 1.02. The van der Waals surface area contributed by atoms with Crippen molar-refractivity contribution in [2.75, 3.05) is 0 Å². The zero-order valence-corrected chi connectivity index (χ0v) is 7.32. The van der Waals surface area contributed by atoms with Crippen molar-refractivity contribution in [1.29, 1.82) is 0 Å². The lowest BCUT2D eigenvalue weighted by Gasteiger charge is -2.01. The van der Waals surface area contributed by atoms with Gasteiger partial charge in [-0.1, -0.05) is 27.0 Å². The van der Waals surface area contributed by atoms with E-state index < -0.39 is 0 Å². The van der Waals surface area contributed by atoms with Crippen molar-refractivity contribution in [2.45, 2.75) is 13.8 Å². The third kappa shape index (κ3) is 3.51. The monoisotopic (exact) mass is 155 g/mol. The van der Waals surface area contributed by atoms with Gasteiger partial charge in [0.2, 0.25) is 0 Å². The molecule has 0 aromatic rings. The number of hydrogen-bond donors (Lipinski definition) is 0. The topological polar surface area (TPSA) is 12.4 Å². The van der Waals surface area contributed by atoms with Crippen LogP contribution in [0.15, 0.2) is 29.0 Å². The lowest BCUT2D eigenvalue weighted by Crippen LogP contribution is -2.01. The number of hydrogen-bond acceptors (Lipinski definition) is 2. The molecule has 0 saturated carbocycles. The summed E-state index contributed by atoms with van der Waals surface area (Å²) in [6.07, 6.45) is 1.78. The lowest BCUT2D eigenvalue weighted by molar-refractivity contribution is 0.893. The molecule has 0 bridgehead atoms. The summed E-state index contributed by atoms with van der Waals surface area (Å²) in [5.74, 6) is 0.449. The van der Waals surface area contributed by atoms with Gasteiger partial charge in [-0.05, 0) is 17.4 Å². The minimum atomic E-state index is 0.449. The normalized spacial score (nSPS) is 11.7. The standard InChI is InChI=1S/C8H13NS/c1-5-8(7(3)4)9-10-6-2/h5-7H,1-2H2,3-4H3/b9-8+. The van der Waals surface area contributed by atoms with E-state index in [1.165, 1.54) is 11.9 Å². The van der Waals surface area contributed by atoms with Gasteiger partial charge in [0.1, 0.15) is 0 Å². The van der Waals surface area contributed by atoms with Crippen molar-refractivity contribution >= 4 is 17.7 Å². The zero-order chi connectivity index (χ0) is 7.98. The summed E-state index contributed by atoms with van der Waals surface area (Å²) in [6.45, 7) is 11.4. The molecule has 10 heavy (non-hydrogen) atoms. The molecule has 0 aromatic heterocycles. The Morgan fingerprint density at radius 1 is 1.50 bits per heavy atom. The fourth-order valence-electron chi connectivity index (χ4n) is 0.477. The number of nitrogens with zero attached hydrogens (tertiary/aromatic N) is 1. The maximum absolute atomic E-state index is 4.16. The van der Waals surface area contributed by atoms with E-state index in [-0.39, 0.29) is 0 Å². The van der Waals surface area contributed by atoms with Crippen molar-refractivity contribution in [2.24, 2.45) is 10.3 Å². The molecule has 0 heterocycles. The molecule has 0 atom stereocenters. The van der Waals surface area contributed by atoms with Crippen molar-refractivity contribution in [3.8, 4) is 0 Å². The van der Waals surface area contributed by atoms with Gasteiger partial charge in [-0.25, -0.2) is 4.40 Å². The molecule has 0 spiro atoms. The first-order valence-corrected chi connectivity index (χ1v) is 4.03. The SMILES string of the molecule is C=CS/N=C(\C=C)C(C)C. The summed E-state index contributed by atoms with van der Waals surface area (Å²) in [7, 11) is 0. The van der Waals surface area contributed by atoms with E-state index in [1.807, 2.05) is 0 Å². The van der Waals surface area contributed by atoms with Crippen LogP contribution in [0.1, 0.15) is 13.8 Å². The average molecular weight is 155 g/mol. The molecule has 0 amide bonds. The van der Waals surface area contributed by atoms with Crippen LogP contribution in [0.4, 0.5) is 0 Å². The Kier molecular flexibility index (Phi) is 5.03. The molecule has 0 unspecified atom stereocenters. The van der Waals surface area contributed by atoms with Crippen LogP contribution in [0, 0.1) is 5.92 Å². The molecule has 56 valence electrons. The second-order valence-electron chi connectivity index (χ2n) is 2.15. The molecule has 2 heteroatoms. The quantitative estimate of drug-likeness (QED) is 0.449. The van der Waals surface area contributed by atoms with E-state index in [2.05, 4.69) is 31.4 Å². The fraction of sp³-hybridized carbons (Fsp3) is 0.375. The largest absolute Gasteiger partial charge is 0.216 e. The highest BCUT2D eigenvalue weighted by Crippen LogP contribution is 2.07. The molecule has 0 radical (unpaired) electrons. The molecule has 1 nitrogen and oxygen atoms in total. The van der Waals surface area contributed by atoms with Gasteiger partial charge in [-0.15, -0.1) is 0 Å². The predicted octanol–water partition coefficient (Wildman–Crippen LogP) is 3.06. The number of allylic oxidation sites excluding steroid dienone is 1. The smallest absolute Gasteiger partial charge is 0.0510 e. The van der Waals surface area contributed by atoms with Gasteiger partial charge in [0.05, 0.1) is 5.71 Å². The molecular formula is C8H13NS. The maximum atomic E-state index is 4.16. The third-order valence-corrected chi connectivity index (χ3v) is 1.50.